The van der Waals surface area contributed by atoms with Crippen molar-refractivity contribution >= 4 is 40.7 Å². The summed E-state index contributed by atoms with van der Waals surface area (Å²) in [6, 6.07) is 10.5. The number of halogens is 4. The van der Waals surface area contributed by atoms with Gasteiger partial charge >= 0.3 is 0 Å². The Morgan fingerprint density at radius 3 is 2.29 bits per heavy atom. The van der Waals surface area contributed by atoms with E-state index < -0.39 is 42.1 Å². The van der Waals surface area contributed by atoms with Gasteiger partial charge in [0.1, 0.15) is 17.6 Å². The third kappa shape index (κ3) is 9.58. The van der Waals surface area contributed by atoms with Crippen molar-refractivity contribution in [1.29, 1.82) is 0 Å². The molecule has 4 aliphatic heterocycles. The minimum Gasteiger partial charge on any atom is -0.374 e. The van der Waals surface area contributed by atoms with E-state index in [9.17, 15) is 18.8 Å². The van der Waals surface area contributed by atoms with Crippen LogP contribution in [0.2, 0.25) is 0 Å². The molecular formula is C43H53F4N9O3. The number of carbonyl (C=O) groups excluding carboxylic acids is 3. The van der Waals surface area contributed by atoms with Crippen LogP contribution in [0.25, 0.3) is 11.3 Å². The van der Waals surface area contributed by atoms with E-state index in [4.69, 9.17) is 0 Å². The van der Waals surface area contributed by atoms with Gasteiger partial charge in [0.15, 0.2) is 5.82 Å². The molecule has 316 valence electrons. The number of nitrogens with zero attached hydrogens (tertiary/aromatic N) is 5. The summed E-state index contributed by atoms with van der Waals surface area (Å²) in [6.45, 7) is 2.36. The smallest absolute Gasteiger partial charge is 0.280 e. The van der Waals surface area contributed by atoms with Crippen molar-refractivity contribution in [2.75, 3.05) is 59.7 Å². The molecule has 0 spiro atoms. The zero-order valence-corrected chi connectivity index (χ0v) is 33.2. The first-order chi connectivity index (χ1) is 28.5. The zero-order chi connectivity index (χ0) is 41.1. The summed E-state index contributed by atoms with van der Waals surface area (Å²) in [5, 5.41) is 11.8. The summed E-state index contributed by atoms with van der Waals surface area (Å²) in [5.74, 6) is -4.99. The Morgan fingerprint density at radius 2 is 1.56 bits per heavy atom. The number of aromatic nitrogens is 2. The normalized spacial score (nSPS) is 25.6. The van der Waals surface area contributed by atoms with Gasteiger partial charge in [-0.3, -0.25) is 24.6 Å². The highest BCUT2D eigenvalue weighted by Gasteiger charge is 2.48. The number of carbonyl (C=O) groups is 3. The molecule has 16 heteroatoms. The molecule has 59 heavy (non-hydrogen) atoms. The number of amides is 3. The number of piperidine rings is 4. The summed E-state index contributed by atoms with van der Waals surface area (Å²) in [6.07, 6.45) is 9.42. The highest BCUT2D eigenvalue weighted by atomic mass is 19.3. The van der Waals surface area contributed by atoms with Crippen molar-refractivity contribution in [1.82, 2.24) is 25.5 Å². The molecule has 5 heterocycles. The van der Waals surface area contributed by atoms with Crippen molar-refractivity contribution in [3.8, 4) is 11.3 Å². The molecule has 5 aliphatic rings. The second kappa shape index (κ2) is 17.7. The Balaban J connectivity index is 0.776. The number of benzene rings is 2. The summed E-state index contributed by atoms with van der Waals surface area (Å²) < 4.78 is 61.6. The molecule has 0 radical (unpaired) electrons. The fraction of sp³-hybridized carbons (Fsp3) is 0.558. The third-order valence-corrected chi connectivity index (χ3v) is 12.8. The first-order valence-electron chi connectivity index (χ1n) is 21.2. The van der Waals surface area contributed by atoms with Crippen molar-refractivity contribution in [2.24, 2.45) is 5.92 Å². The molecular weight excluding hydrogens is 767 g/mol. The fourth-order valence-electron chi connectivity index (χ4n) is 9.47. The molecule has 4 N–H and O–H groups in total. The second-order valence-electron chi connectivity index (χ2n) is 16.8. The maximum atomic E-state index is 15.7. The number of nitrogens with one attached hydrogen (secondary N) is 4. The Labute approximate surface area is 341 Å². The topological polar surface area (TPSA) is 135 Å². The minimum atomic E-state index is -3.10. The quantitative estimate of drug-likeness (QED) is 0.141. The van der Waals surface area contributed by atoms with E-state index in [1.807, 2.05) is 18.2 Å². The van der Waals surface area contributed by atoms with Crippen LogP contribution in [0.5, 0.6) is 0 Å². The molecule has 2 unspecified atom stereocenters. The van der Waals surface area contributed by atoms with Crippen LogP contribution in [0.4, 0.5) is 40.6 Å². The van der Waals surface area contributed by atoms with Gasteiger partial charge < -0.3 is 25.8 Å². The Bertz CT molecular complexity index is 2000. The van der Waals surface area contributed by atoms with E-state index in [2.05, 4.69) is 42.2 Å². The number of hydrogen-bond acceptors (Lipinski definition) is 10. The molecule has 1 saturated carbocycles. The van der Waals surface area contributed by atoms with E-state index in [1.165, 1.54) is 29.7 Å². The Kier molecular flexibility index (Phi) is 12.2. The largest absolute Gasteiger partial charge is 0.374 e. The van der Waals surface area contributed by atoms with Gasteiger partial charge in [-0.15, -0.1) is 0 Å². The molecule has 0 bridgehead atoms. The maximum Gasteiger partial charge on any atom is 0.280 e. The molecule has 12 nitrogen and oxygen atoms in total. The molecule has 2 atom stereocenters. The molecule has 3 aromatic rings. The van der Waals surface area contributed by atoms with E-state index in [0.29, 0.717) is 43.1 Å². The number of rotatable bonds is 10. The van der Waals surface area contributed by atoms with Crippen LogP contribution in [-0.4, -0.2) is 102 Å². The van der Waals surface area contributed by atoms with E-state index in [-0.39, 0.29) is 67.0 Å². The third-order valence-electron chi connectivity index (χ3n) is 12.8. The molecule has 1 aromatic heterocycles. The van der Waals surface area contributed by atoms with Crippen LogP contribution in [-0.2, 0) is 14.4 Å². The molecule has 8 rings (SSSR count). The monoisotopic (exact) mass is 819 g/mol. The van der Waals surface area contributed by atoms with Crippen molar-refractivity contribution in [2.45, 2.75) is 107 Å². The predicted octanol–water partition coefficient (Wildman–Crippen LogP) is 6.09. The molecule has 1 aliphatic carbocycles. The molecule has 4 saturated heterocycles. The van der Waals surface area contributed by atoms with Gasteiger partial charge in [0.05, 0.1) is 24.5 Å². The standard InChI is InChI=1S/C43H53F4N9O3/c44-33-24-31(49-35-12-14-38(57)52-41(35)59)11-13-36(33)56-22-17-37(43(46,47)26-56)55-20-15-27(16-21-55)40(58)50-29-7-9-30(10-8-29)51-42-48-25-34(45)39(53-42)28-5-4-6-32(23-28)54-18-2-1-3-19-54/h4-6,11,13,23-25,27,29-30,35,37,49H,1-3,7-10,12,14-22,26H2,(H,50,58)(H,48,51,53)(H,52,57,59). The van der Waals surface area contributed by atoms with Crippen molar-refractivity contribution < 1.29 is 31.9 Å². The maximum absolute atomic E-state index is 15.7. The Morgan fingerprint density at radius 1 is 0.797 bits per heavy atom. The highest BCUT2D eigenvalue weighted by Crippen LogP contribution is 2.37. The van der Waals surface area contributed by atoms with Gasteiger partial charge in [-0.1, -0.05) is 12.1 Å². The molecule has 3 amide bonds. The highest BCUT2D eigenvalue weighted by molar-refractivity contribution is 6.01. The van der Waals surface area contributed by atoms with Crippen LogP contribution >= 0.6 is 0 Å². The SMILES string of the molecule is O=C1CCC(Nc2ccc(N3CCC(N4CCC(C(=O)NC5CCC(Nc6ncc(F)c(-c7cccc(N8CCCCC8)c7)n6)CC5)CC4)C(F)(F)C3)c(F)c2)C(=O)N1. The van der Waals surface area contributed by atoms with Crippen LogP contribution in [0.1, 0.15) is 77.0 Å². The summed E-state index contributed by atoms with van der Waals surface area (Å²) in [5.41, 5.74) is 2.45. The van der Waals surface area contributed by atoms with Crippen LogP contribution in [0, 0.1) is 17.6 Å². The van der Waals surface area contributed by atoms with E-state index >= 15 is 13.2 Å². The molecule has 2 aromatic carbocycles. The first-order valence-corrected chi connectivity index (χ1v) is 21.2. The lowest BCUT2D eigenvalue weighted by Gasteiger charge is -2.46. The second-order valence-corrected chi connectivity index (χ2v) is 16.8. The van der Waals surface area contributed by atoms with Gasteiger partial charge in [-0.05, 0) is 114 Å². The zero-order valence-electron chi connectivity index (χ0n) is 33.2. The summed E-state index contributed by atoms with van der Waals surface area (Å²) in [7, 11) is 0. The van der Waals surface area contributed by atoms with E-state index in [0.717, 1.165) is 57.3 Å². The number of likely N-dealkylation sites (tertiary alicyclic amines) is 1. The number of hydrogen-bond donors (Lipinski definition) is 4. The lowest BCUT2D eigenvalue weighted by atomic mass is 9.89. The van der Waals surface area contributed by atoms with Gasteiger partial charge in [0.2, 0.25) is 23.7 Å². The number of alkyl halides is 2. The van der Waals surface area contributed by atoms with Crippen LogP contribution < -0.4 is 31.1 Å². The number of imide groups is 1. The fourth-order valence-corrected chi connectivity index (χ4v) is 9.47. The van der Waals surface area contributed by atoms with Crippen LogP contribution in [0.3, 0.4) is 0 Å². The number of anilines is 4. The van der Waals surface area contributed by atoms with Crippen molar-refractivity contribution in [3.63, 3.8) is 0 Å². The predicted molar refractivity (Wildman–Crippen MR) is 217 cm³/mol. The average molecular weight is 820 g/mol. The van der Waals surface area contributed by atoms with Gasteiger partial charge in [0.25, 0.3) is 5.92 Å². The van der Waals surface area contributed by atoms with Gasteiger partial charge in [-0.25, -0.2) is 27.5 Å². The average Bonchev–Trinajstić information content (AvgIpc) is 3.23. The lowest BCUT2D eigenvalue weighted by molar-refractivity contribution is -0.134. The van der Waals surface area contributed by atoms with Gasteiger partial charge in [-0.2, -0.15) is 0 Å². The van der Waals surface area contributed by atoms with E-state index in [1.54, 1.807) is 11.0 Å². The van der Waals surface area contributed by atoms with Gasteiger partial charge in [0, 0.05) is 61.0 Å². The minimum absolute atomic E-state index is 0.0112. The molecule has 5 fully saturated rings. The Hall–Kier alpha value is -4.99. The van der Waals surface area contributed by atoms with Crippen LogP contribution in [0.15, 0.2) is 48.7 Å². The summed E-state index contributed by atoms with van der Waals surface area (Å²) in [4.78, 5) is 51.2. The lowest BCUT2D eigenvalue weighted by Crippen LogP contribution is -2.60. The first kappa shape index (κ1) is 40.8. The summed E-state index contributed by atoms with van der Waals surface area (Å²) >= 11 is 0. The van der Waals surface area contributed by atoms with Crippen molar-refractivity contribution in [3.05, 3.63) is 60.3 Å².